The number of rotatable bonds is 3. The van der Waals surface area contributed by atoms with E-state index >= 15 is 0 Å². The first-order valence-electron chi connectivity index (χ1n) is 13.4. The van der Waals surface area contributed by atoms with Crippen LogP contribution in [0.1, 0.15) is 67.7 Å². The van der Waals surface area contributed by atoms with Crippen molar-refractivity contribution in [1.82, 2.24) is 0 Å². The van der Waals surface area contributed by atoms with Crippen LogP contribution in [0.15, 0.2) is 22.6 Å². The molecule has 0 saturated carbocycles. The van der Waals surface area contributed by atoms with E-state index in [1.165, 1.54) is 34.3 Å². The highest BCUT2D eigenvalue weighted by atomic mass is 16.7. The van der Waals surface area contributed by atoms with E-state index in [0.29, 0.717) is 12.4 Å². The predicted octanol–water partition coefficient (Wildman–Crippen LogP) is 4.54. The SMILES string of the molecule is COc1c2c(cc3c1C(C#CCOc1cc4c5c(oc4cc1C(C)(C)C)CCCC5)[NH+](C)CC3)OCO2. The minimum absolute atomic E-state index is 0.0257. The molecule has 37 heavy (non-hydrogen) atoms. The van der Waals surface area contributed by atoms with E-state index in [1.54, 1.807) is 7.11 Å². The minimum atomic E-state index is -0.0766. The van der Waals surface area contributed by atoms with E-state index in [-0.39, 0.29) is 18.2 Å². The number of likely N-dealkylation sites (N-methyl/N-ethyl adjacent to an activating group) is 1. The molecule has 0 bridgehead atoms. The zero-order valence-electron chi connectivity index (χ0n) is 22.5. The summed E-state index contributed by atoms with van der Waals surface area (Å²) in [6.45, 7) is 8.17. The molecule has 1 aromatic heterocycles. The van der Waals surface area contributed by atoms with Crippen molar-refractivity contribution < 1.29 is 28.3 Å². The third kappa shape index (κ3) is 4.20. The second kappa shape index (κ2) is 9.22. The molecule has 0 fully saturated rings. The Morgan fingerprint density at radius 2 is 1.92 bits per heavy atom. The summed E-state index contributed by atoms with van der Waals surface area (Å²) in [5, 5.41) is 1.19. The van der Waals surface area contributed by atoms with Crippen molar-refractivity contribution in [2.24, 2.45) is 0 Å². The zero-order chi connectivity index (χ0) is 25.7. The summed E-state index contributed by atoms with van der Waals surface area (Å²) in [4.78, 5) is 1.33. The Hall–Kier alpha value is -3.30. The lowest BCUT2D eigenvalue weighted by molar-refractivity contribution is -0.905. The molecule has 0 spiro atoms. The van der Waals surface area contributed by atoms with Gasteiger partial charge in [0.25, 0.3) is 0 Å². The van der Waals surface area contributed by atoms with Crippen molar-refractivity contribution in [3.05, 3.63) is 46.2 Å². The first-order valence-corrected chi connectivity index (χ1v) is 13.4. The highest BCUT2D eigenvalue weighted by Crippen LogP contribution is 2.47. The summed E-state index contributed by atoms with van der Waals surface area (Å²) in [6.07, 6.45) is 5.47. The van der Waals surface area contributed by atoms with Crippen LogP contribution in [-0.2, 0) is 24.7 Å². The first-order chi connectivity index (χ1) is 17.8. The second-order valence-corrected chi connectivity index (χ2v) is 11.4. The number of furan rings is 1. The van der Waals surface area contributed by atoms with E-state index in [4.69, 9.17) is 23.4 Å². The fourth-order valence-corrected chi connectivity index (χ4v) is 5.97. The molecule has 3 heterocycles. The van der Waals surface area contributed by atoms with Crippen molar-refractivity contribution in [2.45, 2.75) is 64.3 Å². The van der Waals surface area contributed by atoms with Crippen LogP contribution in [0.25, 0.3) is 11.0 Å². The van der Waals surface area contributed by atoms with Crippen molar-refractivity contribution in [3.63, 3.8) is 0 Å². The van der Waals surface area contributed by atoms with Crippen LogP contribution < -0.4 is 23.8 Å². The largest absolute Gasteiger partial charge is 0.492 e. The Morgan fingerprint density at radius 3 is 2.73 bits per heavy atom. The molecular formula is C31H36NO5+. The van der Waals surface area contributed by atoms with Crippen LogP contribution in [0, 0.1) is 11.8 Å². The average Bonchev–Trinajstić information content (AvgIpc) is 3.49. The van der Waals surface area contributed by atoms with Gasteiger partial charge in [0.15, 0.2) is 17.5 Å². The summed E-state index contributed by atoms with van der Waals surface area (Å²) >= 11 is 0. The number of benzene rings is 2. The fraction of sp³-hybridized carbons (Fsp3) is 0.484. The molecule has 6 rings (SSSR count). The zero-order valence-corrected chi connectivity index (χ0v) is 22.5. The minimum Gasteiger partial charge on any atom is -0.492 e. The maximum atomic E-state index is 6.38. The van der Waals surface area contributed by atoms with Gasteiger partial charge < -0.3 is 28.3 Å². The van der Waals surface area contributed by atoms with Gasteiger partial charge in [-0.15, -0.1) is 0 Å². The van der Waals surface area contributed by atoms with Crippen molar-refractivity contribution in [1.29, 1.82) is 0 Å². The Kier molecular flexibility index (Phi) is 6.00. The van der Waals surface area contributed by atoms with E-state index in [2.05, 4.69) is 57.9 Å². The van der Waals surface area contributed by atoms with Gasteiger partial charge in [0, 0.05) is 29.4 Å². The normalized spacial score (nSPS) is 20.1. The molecule has 1 N–H and O–H groups in total. The number of ether oxygens (including phenoxy) is 4. The molecule has 2 aliphatic heterocycles. The molecule has 0 saturated heterocycles. The maximum absolute atomic E-state index is 6.38. The number of fused-ring (bicyclic) bond motifs is 5. The summed E-state index contributed by atoms with van der Waals surface area (Å²) in [7, 11) is 3.87. The van der Waals surface area contributed by atoms with E-state index in [9.17, 15) is 0 Å². The maximum Gasteiger partial charge on any atom is 0.231 e. The van der Waals surface area contributed by atoms with Gasteiger partial charge in [0.1, 0.15) is 23.7 Å². The van der Waals surface area contributed by atoms with Crippen molar-refractivity contribution in [2.75, 3.05) is 34.1 Å². The van der Waals surface area contributed by atoms with Gasteiger partial charge in [-0.05, 0) is 54.4 Å². The highest BCUT2D eigenvalue weighted by molar-refractivity contribution is 5.85. The second-order valence-electron chi connectivity index (χ2n) is 11.4. The van der Waals surface area contributed by atoms with Gasteiger partial charge in [-0.1, -0.05) is 26.7 Å². The van der Waals surface area contributed by atoms with Crippen LogP contribution >= 0.6 is 0 Å². The molecule has 2 unspecified atom stereocenters. The third-order valence-corrected chi connectivity index (χ3v) is 7.93. The predicted molar refractivity (Wildman–Crippen MR) is 142 cm³/mol. The topological polar surface area (TPSA) is 54.5 Å². The lowest BCUT2D eigenvalue weighted by atomic mass is 9.85. The molecule has 3 aromatic rings. The Labute approximate surface area is 218 Å². The molecule has 6 heteroatoms. The molecular weight excluding hydrogens is 466 g/mol. The van der Waals surface area contributed by atoms with Gasteiger partial charge in [-0.2, -0.15) is 0 Å². The number of methoxy groups -OCH3 is 1. The molecule has 194 valence electrons. The monoisotopic (exact) mass is 502 g/mol. The fourth-order valence-electron chi connectivity index (χ4n) is 5.97. The number of quaternary nitrogens is 1. The quantitative estimate of drug-likeness (QED) is 0.533. The summed E-state index contributed by atoms with van der Waals surface area (Å²) in [5.74, 6) is 11.1. The Balaban J connectivity index is 1.31. The van der Waals surface area contributed by atoms with Gasteiger partial charge in [-0.3, -0.25) is 0 Å². The Morgan fingerprint density at radius 1 is 1.08 bits per heavy atom. The average molecular weight is 503 g/mol. The molecule has 0 amide bonds. The van der Waals surface area contributed by atoms with Crippen LogP contribution in [0.5, 0.6) is 23.0 Å². The summed E-state index contributed by atoms with van der Waals surface area (Å²) in [5.41, 5.74) is 5.72. The molecule has 0 radical (unpaired) electrons. The first kappa shape index (κ1) is 24.1. The lowest BCUT2D eigenvalue weighted by Crippen LogP contribution is -3.10. The molecule has 2 atom stereocenters. The van der Waals surface area contributed by atoms with E-state index < -0.39 is 0 Å². The van der Waals surface area contributed by atoms with Gasteiger partial charge in [-0.25, -0.2) is 0 Å². The number of nitrogens with one attached hydrogen (secondary N) is 1. The summed E-state index contributed by atoms with van der Waals surface area (Å²) < 4.78 is 29.8. The number of hydrogen-bond donors (Lipinski definition) is 1. The highest BCUT2D eigenvalue weighted by Gasteiger charge is 2.35. The van der Waals surface area contributed by atoms with Crippen LogP contribution in [0.3, 0.4) is 0 Å². The lowest BCUT2D eigenvalue weighted by Gasteiger charge is -2.30. The van der Waals surface area contributed by atoms with Crippen LogP contribution in [0.4, 0.5) is 0 Å². The number of hydrogen-bond acceptors (Lipinski definition) is 5. The molecule has 2 aromatic carbocycles. The molecule has 1 aliphatic carbocycles. The van der Waals surface area contributed by atoms with Gasteiger partial charge >= 0.3 is 0 Å². The summed E-state index contributed by atoms with van der Waals surface area (Å²) in [6, 6.07) is 6.43. The van der Waals surface area contributed by atoms with Crippen molar-refractivity contribution in [3.8, 4) is 34.8 Å². The van der Waals surface area contributed by atoms with Crippen LogP contribution in [-0.4, -0.2) is 34.1 Å². The standard InChI is InChI=1S/C31H35NO5/c1-31(2,3)22-17-25-21(20-9-6-7-11-24(20)37-25)16-26(22)34-14-8-10-23-28-19(12-13-32(23)4)15-27-29(30(28)33-5)36-18-35-27/h15-17,23H,6-7,9,11-14,18H2,1-5H3/p+1. The van der Waals surface area contributed by atoms with E-state index in [0.717, 1.165) is 65.5 Å². The smallest absolute Gasteiger partial charge is 0.231 e. The van der Waals surface area contributed by atoms with Crippen molar-refractivity contribution >= 4 is 11.0 Å². The van der Waals surface area contributed by atoms with Crippen LogP contribution in [0.2, 0.25) is 0 Å². The molecule has 3 aliphatic rings. The third-order valence-electron chi connectivity index (χ3n) is 7.93. The van der Waals surface area contributed by atoms with Gasteiger partial charge in [0.05, 0.1) is 26.3 Å². The number of aryl methyl sites for hydroxylation is 2. The molecule has 6 nitrogen and oxygen atoms in total. The Bertz CT molecular complexity index is 1420. The van der Waals surface area contributed by atoms with E-state index in [1.807, 2.05) is 0 Å². The van der Waals surface area contributed by atoms with Gasteiger partial charge in [0.2, 0.25) is 12.5 Å².